The highest BCUT2D eigenvalue weighted by atomic mass is 15.2. The predicted octanol–water partition coefficient (Wildman–Crippen LogP) is 7.83. The molecule has 1 aromatic rings. The normalized spacial score (nSPS) is 14.1. The molecule has 1 aliphatic rings. The third kappa shape index (κ3) is 8.80. The molecule has 0 aromatic heterocycles. The van der Waals surface area contributed by atoms with Gasteiger partial charge in [-0.05, 0) is 81.8 Å². The maximum absolute atomic E-state index is 5.97. The smallest absolute Gasteiger partial charge is 0.0966 e. The zero-order chi connectivity index (χ0) is 26.0. The number of anilines is 2. The van der Waals surface area contributed by atoms with Gasteiger partial charge in [0.15, 0.2) is 0 Å². The Morgan fingerprint density at radius 3 is 2.44 bits per heavy atom. The van der Waals surface area contributed by atoms with Gasteiger partial charge in [-0.15, -0.1) is 6.42 Å². The molecule has 0 heterocycles. The lowest BCUT2D eigenvalue weighted by molar-refractivity contribution is 0.803. The summed E-state index contributed by atoms with van der Waals surface area (Å²) in [5.74, 6) is 2.87. The largest absolute Gasteiger partial charge is 0.341 e. The monoisotopic (exact) mass is 479 g/mol. The number of benzene rings is 1. The summed E-state index contributed by atoms with van der Waals surface area (Å²) in [7, 11) is 1.98. The minimum absolute atomic E-state index is 0.779. The molecule has 0 unspecified atom stereocenters. The van der Waals surface area contributed by atoms with E-state index in [1.54, 1.807) is 6.08 Å². The third-order valence-electron chi connectivity index (χ3n) is 5.72. The Bertz CT molecular complexity index is 1060. The van der Waals surface area contributed by atoms with Crippen LogP contribution in [0, 0.1) is 12.3 Å². The number of hydrogen-bond acceptors (Lipinski definition) is 3. The van der Waals surface area contributed by atoms with Crippen LogP contribution in [-0.2, 0) is 0 Å². The Morgan fingerprint density at radius 2 is 1.83 bits per heavy atom. The molecule has 1 aromatic carbocycles. The van der Waals surface area contributed by atoms with Gasteiger partial charge in [0, 0.05) is 29.3 Å². The zero-order valence-corrected chi connectivity index (χ0v) is 22.0. The fourth-order valence-corrected chi connectivity index (χ4v) is 4.00. The van der Waals surface area contributed by atoms with E-state index in [1.165, 1.54) is 5.70 Å². The number of nitrogens with zero attached hydrogens (tertiary/aromatic N) is 2. The average molecular weight is 480 g/mol. The van der Waals surface area contributed by atoms with Crippen LogP contribution in [0.4, 0.5) is 11.4 Å². The molecule has 0 atom stereocenters. The van der Waals surface area contributed by atoms with Gasteiger partial charge in [-0.25, -0.2) is 0 Å². The van der Waals surface area contributed by atoms with E-state index < -0.39 is 0 Å². The molecule has 0 fully saturated rings. The molecule has 0 saturated carbocycles. The van der Waals surface area contributed by atoms with Crippen molar-refractivity contribution in [1.29, 1.82) is 0 Å². The van der Waals surface area contributed by atoms with Gasteiger partial charge < -0.3 is 15.1 Å². The summed E-state index contributed by atoms with van der Waals surface area (Å²) in [6.07, 6.45) is 33.7. The molecule has 0 amide bonds. The third-order valence-corrected chi connectivity index (χ3v) is 5.72. The van der Waals surface area contributed by atoms with Crippen LogP contribution >= 0.6 is 0 Å². The topological polar surface area (TPSA) is 18.5 Å². The second kappa shape index (κ2) is 16.8. The number of hydrogen-bond donors (Lipinski definition) is 1. The lowest BCUT2D eigenvalue weighted by atomic mass is 10.1. The summed E-state index contributed by atoms with van der Waals surface area (Å²) in [6.45, 7) is 11.7. The predicted molar refractivity (Wildman–Crippen MR) is 160 cm³/mol. The van der Waals surface area contributed by atoms with E-state index in [0.717, 1.165) is 68.0 Å². The van der Waals surface area contributed by atoms with Crippen molar-refractivity contribution in [2.24, 2.45) is 0 Å². The molecule has 3 nitrogen and oxygen atoms in total. The molecule has 0 saturated heterocycles. The Labute approximate surface area is 219 Å². The Morgan fingerprint density at radius 1 is 1.06 bits per heavy atom. The lowest BCUT2D eigenvalue weighted by Gasteiger charge is -2.29. The van der Waals surface area contributed by atoms with Gasteiger partial charge in [0.05, 0.1) is 5.70 Å². The fraction of sp³-hybridized carbons (Fsp3) is 0.273. The van der Waals surface area contributed by atoms with Crippen molar-refractivity contribution in [2.45, 2.75) is 39.0 Å². The number of rotatable bonds is 15. The van der Waals surface area contributed by atoms with Crippen LogP contribution in [0.2, 0.25) is 0 Å². The first-order valence-electron chi connectivity index (χ1n) is 12.8. The standard InChI is InChI=1S/C33H41N3/c1-6-10-13-20-29(9-4)36(32-21-14-11-15-22-32)33-25-23-31(24-26-33)35(28-17-12-16-27-34-5)30(18-7-2)19-8-3/h4,6-7,10,12-14,17-18,20-26,34H,1-2,8,11,15-16,19,27-28H2,3,5H3/b13-10-,17-12-,29-20+,30-18+. The van der Waals surface area contributed by atoms with Crippen molar-refractivity contribution >= 4 is 11.4 Å². The van der Waals surface area contributed by atoms with Crippen LogP contribution in [0.1, 0.15) is 39.0 Å². The molecule has 3 heteroatoms. The van der Waals surface area contributed by atoms with E-state index in [0.29, 0.717) is 0 Å². The van der Waals surface area contributed by atoms with E-state index in [4.69, 9.17) is 6.42 Å². The van der Waals surface area contributed by atoms with Crippen molar-refractivity contribution < 1.29 is 0 Å². The maximum atomic E-state index is 5.97. The van der Waals surface area contributed by atoms with Crippen LogP contribution in [0.25, 0.3) is 0 Å². The Balaban J connectivity index is 2.45. The summed E-state index contributed by atoms with van der Waals surface area (Å²) in [6, 6.07) is 8.65. The van der Waals surface area contributed by atoms with Crippen molar-refractivity contribution in [3.8, 4) is 12.3 Å². The molecule has 1 N–H and O–H groups in total. The van der Waals surface area contributed by atoms with E-state index >= 15 is 0 Å². The van der Waals surface area contributed by atoms with Gasteiger partial charge in [0.25, 0.3) is 0 Å². The van der Waals surface area contributed by atoms with Crippen LogP contribution < -0.4 is 15.1 Å². The molecule has 1 aliphatic carbocycles. The lowest BCUT2D eigenvalue weighted by Crippen LogP contribution is -2.23. The van der Waals surface area contributed by atoms with Crippen LogP contribution in [0.3, 0.4) is 0 Å². The molecular formula is C33H41N3. The van der Waals surface area contributed by atoms with Crippen LogP contribution in [-0.4, -0.2) is 20.1 Å². The number of allylic oxidation sites excluding steroid dienone is 11. The van der Waals surface area contributed by atoms with Gasteiger partial charge in [-0.2, -0.15) is 0 Å². The minimum Gasteiger partial charge on any atom is -0.341 e. The highest BCUT2D eigenvalue weighted by Crippen LogP contribution is 2.31. The number of nitrogens with one attached hydrogen (secondary N) is 1. The molecule has 2 rings (SSSR count). The van der Waals surface area contributed by atoms with Crippen molar-refractivity contribution in [3.63, 3.8) is 0 Å². The maximum Gasteiger partial charge on any atom is 0.0966 e. The second-order valence-corrected chi connectivity index (χ2v) is 8.40. The molecule has 0 radical (unpaired) electrons. The Kier molecular flexibility index (Phi) is 13.3. The summed E-state index contributed by atoms with van der Waals surface area (Å²) < 4.78 is 0. The quantitative estimate of drug-likeness (QED) is 0.120. The van der Waals surface area contributed by atoms with E-state index in [2.05, 4.69) is 102 Å². The first kappa shape index (κ1) is 28.5. The first-order valence-corrected chi connectivity index (χ1v) is 12.8. The van der Waals surface area contributed by atoms with Gasteiger partial charge >= 0.3 is 0 Å². The van der Waals surface area contributed by atoms with Crippen molar-refractivity contribution in [1.82, 2.24) is 5.32 Å². The van der Waals surface area contributed by atoms with Gasteiger partial charge in [-0.3, -0.25) is 0 Å². The number of terminal acetylenes is 1. The van der Waals surface area contributed by atoms with Crippen molar-refractivity contribution in [2.75, 3.05) is 29.9 Å². The van der Waals surface area contributed by atoms with Crippen LogP contribution in [0.15, 0.2) is 121 Å². The van der Waals surface area contributed by atoms with Gasteiger partial charge in [0.1, 0.15) is 0 Å². The summed E-state index contributed by atoms with van der Waals surface area (Å²) >= 11 is 0. The molecular weight excluding hydrogens is 438 g/mol. The minimum atomic E-state index is 0.779. The summed E-state index contributed by atoms with van der Waals surface area (Å²) in [5.41, 5.74) is 5.30. The molecule has 0 spiro atoms. The van der Waals surface area contributed by atoms with Gasteiger partial charge in [0.2, 0.25) is 0 Å². The first-order chi connectivity index (χ1) is 17.7. The highest BCUT2D eigenvalue weighted by Gasteiger charge is 2.16. The fourth-order valence-electron chi connectivity index (χ4n) is 4.00. The van der Waals surface area contributed by atoms with E-state index in [-0.39, 0.29) is 0 Å². The second-order valence-electron chi connectivity index (χ2n) is 8.40. The van der Waals surface area contributed by atoms with Gasteiger partial charge in [-0.1, -0.05) is 81.0 Å². The molecule has 0 aliphatic heterocycles. The van der Waals surface area contributed by atoms with Crippen molar-refractivity contribution in [3.05, 3.63) is 121 Å². The van der Waals surface area contributed by atoms with E-state index in [9.17, 15) is 0 Å². The highest BCUT2D eigenvalue weighted by molar-refractivity contribution is 5.68. The Hall–Kier alpha value is -3.74. The average Bonchev–Trinajstić information content (AvgIpc) is 2.91. The summed E-state index contributed by atoms with van der Waals surface area (Å²) in [4.78, 5) is 4.50. The molecule has 36 heavy (non-hydrogen) atoms. The molecule has 0 bridgehead atoms. The SMILES string of the molecule is C#C/C(=C\C=C/C=C)N(C1=CCCC=C1)c1ccc(N(C/C=C\CCNC)/C(=C/C=C)CCC)cc1. The van der Waals surface area contributed by atoms with E-state index in [1.807, 2.05) is 31.4 Å². The molecule has 188 valence electrons. The summed E-state index contributed by atoms with van der Waals surface area (Å²) in [5, 5.41) is 3.19. The van der Waals surface area contributed by atoms with Crippen LogP contribution in [0.5, 0.6) is 0 Å². The zero-order valence-electron chi connectivity index (χ0n) is 22.0.